The molecule has 0 aliphatic heterocycles. The van der Waals surface area contributed by atoms with Gasteiger partial charge in [0.2, 0.25) is 0 Å². The van der Waals surface area contributed by atoms with Gasteiger partial charge in [-0.3, -0.25) is 4.79 Å². The van der Waals surface area contributed by atoms with Gasteiger partial charge in [0.15, 0.2) is 17.9 Å². The van der Waals surface area contributed by atoms with Gasteiger partial charge in [0.1, 0.15) is 22.6 Å². The van der Waals surface area contributed by atoms with Crippen LogP contribution in [-0.4, -0.2) is 16.3 Å². The maximum atomic E-state index is 13.5. The van der Waals surface area contributed by atoms with Crippen molar-refractivity contribution in [3.8, 4) is 0 Å². The van der Waals surface area contributed by atoms with E-state index in [9.17, 15) is 18.0 Å². The Labute approximate surface area is 116 Å². The molecule has 1 heterocycles. The number of anilines is 2. The van der Waals surface area contributed by atoms with Crippen LogP contribution in [0.2, 0.25) is 5.15 Å². The minimum atomic E-state index is -1.32. The molecular weight excluding hydrogens is 295 g/mol. The third kappa shape index (κ3) is 2.72. The van der Waals surface area contributed by atoms with E-state index < -0.39 is 17.5 Å². The van der Waals surface area contributed by atoms with Crippen molar-refractivity contribution in [2.45, 2.75) is 6.92 Å². The number of carbonyl (C=O) groups is 1. The number of benzene rings is 1. The zero-order valence-corrected chi connectivity index (χ0v) is 10.8. The number of rotatable bonds is 3. The molecule has 1 aromatic heterocycles. The van der Waals surface area contributed by atoms with Gasteiger partial charge < -0.3 is 5.32 Å². The number of carbonyl (C=O) groups excluding carboxylic acids is 1. The molecule has 20 heavy (non-hydrogen) atoms. The standard InChI is InChI=1S/C12H7ClF3N3O/c1-5-17-11(13)6(4-20)12(18-5)19-10-3-8(15)7(14)2-9(10)16/h2-4H,1H3,(H,17,18,19). The highest BCUT2D eigenvalue weighted by Gasteiger charge is 2.15. The molecule has 8 heteroatoms. The summed E-state index contributed by atoms with van der Waals surface area (Å²) < 4.78 is 39.4. The summed E-state index contributed by atoms with van der Waals surface area (Å²) in [5, 5.41) is 2.27. The highest BCUT2D eigenvalue weighted by Crippen LogP contribution is 2.26. The van der Waals surface area contributed by atoms with Crippen molar-refractivity contribution in [2.24, 2.45) is 0 Å². The molecule has 2 rings (SSSR count). The summed E-state index contributed by atoms with van der Waals surface area (Å²) >= 11 is 5.75. The average Bonchev–Trinajstić information content (AvgIpc) is 2.35. The van der Waals surface area contributed by atoms with Crippen molar-refractivity contribution >= 4 is 29.4 Å². The van der Waals surface area contributed by atoms with Gasteiger partial charge in [0.25, 0.3) is 0 Å². The van der Waals surface area contributed by atoms with Crippen LogP contribution in [0.5, 0.6) is 0 Å². The fourth-order valence-electron chi connectivity index (χ4n) is 1.49. The average molecular weight is 302 g/mol. The van der Waals surface area contributed by atoms with Crippen LogP contribution in [0.4, 0.5) is 24.7 Å². The SMILES string of the molecule is Cc1nc(Cl)c(C=O)c(Nc2cc(F)c(F)cc2F)n1. The van der Waals surface area contributed by atoms with Gasteiger partial charge in [0, 0.05) is 12.1 Å². The lowest BCUT2D eigenvalue weighted by Gasteiger charge is -2.10. The second kappa shape index (κ2) is 5.46. The molecule has 0 radical (unpaired) electrons. The number of halogens is 4. The summed E-state index contributed by atoms with van der Waals surface area (Å²) in [5.74, 6) is -3.46. The van der Waals surface area contributed by atoms with Crippen LogP contribution < -0.4 is 5.32 Å². The Morgan fingerprint density at radius 2 is 1.80 bits per heavy atom. The first kappa shape index (κ1) is 14.3. The molecule has 0 fully saturated rings. The molecule has 4 nitrogen and oxygen atoms in total. The monoisotopic (exact) mass is 301 g/mol. The molecule has 0 saturated carbocycles. The zero-order valence-electron chi connectivity index (χ0n) is 10.0. The first-order valence-corrected chi connectivity index (χ1v) is 5.71. The summed E-state index contributed by atoms with van der Waals surface area (Å²) in [7, 11) is 0. The van der Waals surface area contributed by atoms with Gasteiger partial charge in [-0.15, -0.1) is 0 Å². The van der Waals surface area contributed by atoms with Crippen LogP contribution >= 0.6 is 11.6 Å². The van der Waals surface area contributed by atoms with Crippen molar-refractivity contribution in [3.05, 3.63) is 46.1 Å². The Morgan fingerprint density at radius 3 is 2.45 bits per heavy atom. The van der Waals surface area contributed by atoms with Crippen molar-refractivity contribution in [2.75, 3.05) is 5.32 Å². The maximum Gasteiger partial charge on any atom is 0.161 e. The fourth-order valence-corrected chi connectivity index (χ4v) is 1.75. The highest BCUT2D eigenvalue weighted by molar-refractivity contribution is 6.32. The van der Waals surface area contributed by atoms with Gasteiger partial charge in [-0.2, -0.15) is 0 Å². The van der Waals surface area contributed by atoms with Crippen LogP contribution in [0.25, 0.3) is 0 Å². The second-order valence-electron chi connectivity index (χ2n) is 3.81. The van der Waals surface area contributed by atoms with Gasteiger partial charge in [-0.25, -0.2) is 23.1 Å². The molecule has 104 valence electrons. The maximum absolute atomic E-state index is 13.5. The van der Waals surface area contributed by atoms with Gasteiger partial charge in [-0.05, 0) is 6.92 Å². The van der Waals surface area contributed by atoms with Crippen molar-refractivity contribution < 1.29 is 18.0 Å². The lowest BCUT2D eigenvalue weighted by atomic mass is 10.2. The van der Waals surface area contributed by atoms with Gasteiger partial charge in [0.05, 0.1) is 11.3 Å². The molecule has 0 amide bonds. The topological polar surface area (TPSA) is 54.9 Å². The van der Waals surface area contributed by atoms with E-state index in [1.54, 1.807) is 0 Å². The fraction of sp³-hybridized carbons (Fsp3) is 0.0833. The van der Waals surface area contributed by atoms with E-state index in [1.807, 2.05) is 0 Å². The Hall–Kier alpha value is -2.15. The molecule has 0 spiro atoms. The van der Waals surface area contributed by atoms with Crippen molar-refractivity contribution in [1.82, 2.24) is 9.97 Å². The largest absolute Gasteiger partial charge is 0.337 e. The molecule has 0 unspecified atom stereocenters. The summed E-state index contributed by atoms with van der Waals surface area (Å²) in [5.41, 5.74) is -0.484. The van der Waals surface area contributed by atoms with Crippen LogP contribution in [-0.2, 0) is 0 Å². The summed E-state index contributed by atoms with van der Waals surface area (Å²) in [6.07, 6.45) is 0.377. The molecule has 0 aliphatic carbocycles. The van der Waals surface area contributed by atoms with Crippen LogP contribution in [0, 0.1) is 24.4 Å². The Kier molecular flexibility index (Phi) is 3.89. The van der Waals surface area contributed by atoms with E-state index in [1.165, 1.54) is 6.92 Å². The quantitative estimate of drug-likeness (QED) is 0.536. The summed E-state index contributed by atoms with van der Waals surface area (Å²) in [6.45, 7) is 1.51. The zero-order chi connectivity index (χ0) is 14.9. The Balaban J connectivity index is 2.50. The second-order valence-corrected chi connectivity index (χ2v) is 4.17. The normalized spacial score (nSPS) is 10.4. The number of nitrogens with zero attached hydrogens (tertiary/aromatic N) is 2. The summed E-state index contributed by atoms with van der Waals surface area (Å²) in [4.78, 5) is 18.6. The lowest BCUT2D eigenvalue weighted by molar-refractivity contribution is 0.112. The van der Waals surface area contributed by atoms with Crippen molar-refractivity contribution in [1.29, 1.82) is 0 Å². The third-order valence-electron chi connectivity index (χ3n) is 2.39. The molecule has 0 atom stereocenters. The molecule has 1 N–H and O–H groups in total. The number of aldehydes is 1. The number of nitrogens with one attached hydrogen (secondary N) is 1. The van der Waals surface area contributed by atoms with Crippen LogP contribution in [0.1, 0.15) is 16.2 Å². The number of hydrogen-bond acceptors (Lipinski definition) is 4. The van der Waals surface area contributed by atoms with Crippen LogP contribution in [0.15, 0.2) is 12.1 Å². The smallest absolute Gasteiger partial charge is 0.161 e. The molecular formula is C12H7ClF3N3O. The predicted molar refractivity (Wildman–Crippen MR) is 66.8 cm³/mol. The molecule has 0 saturated heterocycles. The molecule has 2 aromatic rings. The van der Waals surface area contributed by atoms with Gasteiger partial charge >= 0.3 is 0 Å². The predicted octanol–water partition coefficient (Wildman–Crippen LogP) is 3.41. The van der Waals surface area contributed by atoms with E-state index >= 15 is 0 Å². The third-order valence-corrected chi connectivity index (χ3v) is 2.68. The van der Waals surface area contributed by atoms with Crippen molar-refractivity contribution in [3.63, 3.8) is 0 Å². The van der Waals surface area contributed by atoms with E-state index in [0.29, 0.717) is 18.4 Å². The Morgan fingerprint density at radius 1 is 1.15 bits per heavy atom. The summed E-state index contributed by atoms with van der Waals surface area (Å²) in [6, 6.07) is 0.999. The number of aromatic nitrogens is 2. The van der Waals surface area contributed by atoms with Crippen LogP contribution in [0.3, 0.4) is 0 Å². The first-order chi connectivity index (χ1) is 9.42. The minimum Gasteiger partial charge on any atom is -0.337 e. The molecule has 0 bridgehead atoms. The highest BCUT2D eigenvalue weighted by atomic mass is 35.5. The Bertz CT molecular complexity index is 694. The lowest BCUT2D eigenvalue weighted by Crippen LogP contribution is -2.05. The van der Waals surface area contributed by atoms with E-state index in [0.717, 1.165) is 0 Å². The molecule has 1 aromatic carbocycles. The number of aryl methyl sites for hydroxylation is 1. The van der Waals surface area contributed by atoms with E-state index in [4.69, 9.17) is 11.6 Å². The van der Waals surface area contributed by atoms with E-state index in [2.05, 4.69) is 15.3 Å². The number of hydrogen-bond donors (Lipinski definition) is 1. The van der Waals surface area contributed by atoms with E-state index in [-0.39, 0.29) is 28.0 Å². The van der Waals surface area contributed by atoms with Gasteiger partial charge in [-0.1, -0.05) is 11.6 Å². The minimum absolute atomic E-state index is 0.0950. The molecule has 0 aliphatic rings. The first-order valence-electron chi connectivity index (χ1n) is 5.33.